The van der Waals surface area contributed by atoms with E-state index in [1.807, 2.05) is 12.1 Å². The second-order valence-corrected chi connectivity index (χ2v) is 14.0. The van der Waals surface area contributed by atoms with Crippen LogP contribution in [0.5, 0.6) is 0 Å². The van der Waals surface area contributed by atoms with E-state index in [0.717, 1.165) is 49.8 Å². The second-order valence-electron chi connectivity index (χ2n) is 14.0. The number of hydrogen-bond donors (Lipinski definition) is 0. The molecule has 11 aromatic rings. The summed E-state index contributed by atoms with van der Waals surface area (Å²) in [5.41, 5.74) is 8.44. The number of fused-ring (bicyclic) bond motifs is 10. The first-order chi connectivity index (χ1) is 27.3. The molecule has 0 unspecified atom stereocenters. The molecule has 256 valence electrons. The maximum absolute atomic E-state index is 5.32. The van der Waals surface area contributed by atoms with Gasteiger partial charge in [-0.1, -0.05) is 170 Å². The molecule has 0 fully saturated rings. The Morgan fingerprint density at radius 1 is 0.273 bits per heavy atom. The summed E-state index contributed by atoms with van der Waals surface area (Å²) in [5, 5.41) is 9.81. The van der Waals surface area contributed by atoms with Crippen LogP contribution >= 0.6 is 0 Å². The lowest BCUT2D eigenvalue weighted by Gasteiger charge is -2.13. The van der Waals surface area contributed by atoms with E-state index in [-0.39, 0.29) is 0 Å². The molecule has 0 spiro atoms. The fourth-order valence-electron chi connectivity index (χ4n) is 8.33. The Kier molecular flexibility index (Phi) is 7.14. The van der Waals surface area contributed by atoms with Gasteiger partial charge in [0.1, 0.15) is 0 Å². The Labute approximate surface area is 317 Å². The molecule has 0 aliphatic rings. The molecule has 0 amide bonds. The highest BCUT2D eigenvalue weighted by atomic mass is 15.2. The number of hydrogen-bond acceptors (Lipinski definition) is 3. The van der Waals surface area contributed by atoms with E-state index >= 15 is 0 Å². The highest BCUT2D eigenvalue weighted by Crippen LogP contribution is 2.43. The molecule has 2 heterocycles. The van der Waals surface area contributed by atoms with Gasteiger partial charge in [-0.3, -0.25) is 4.57 Å². The standard InChI is InChI=1S/C51H32N4/c1-3-15-33(16-4-1)35-19-13-21-37(31-35)49-52-50(38-22-14-20-36(32-38)34-17-5-2-6-18-34)54-51(53-49)55-45-28-12-11-27-44(45)48-46(55)30-29-43-41-25-8-7-23-39(41)40-24-9-10-26-42(40)47(43)48/h1-32H. The van der Waals surface area contributed by atoms with Gasteiger partial charge < -0.3 is 0 Å². The van der Waals surface area contributed by atoms with Crippen LogP contribution in [-0.4, -0.2) is 19.5 Å². The highest BCUT2D eigenvalue weighted by molar-refractivity contribution is 6.35. The van der Waals surface area contributed by atoms with Crippen LogP contribution in [0.2, 0.25) is 0 Å². The van der Waals surface area contributed by atoms with Gasteiger partial charge in [-0.2, -0.15) is 9.97 Å². The molecule has 11 rings (SSSR count). The van der Waals surface area contributed by atoms with Crippen LogP contribution in [0.15, 0.2) is 194 Å². The van der Waals surface area contributed by atoms with Gasteiger partial charge in [-0.25, -0.2) is 4.98 Å². The van der Waals surface area contributed by atoms with Crippen LogP contribution in [0.25, 0.3) is 105 Å². The molecule has 2 aromatic heterocycles. The lowest BCUT2D eigenvalue weighted by Crippen LogP contribution is -2.06. The van der Waals surface area contributed by atoms with Crippen LogP contribution in [0.3, 0.4) is 0 Å². The maximum Gasteiger partial charge on any atom is 0.238 e. The molecule has 55 heavy (non-hydrogen) atoms. The largest absolute Gasteiger partial charge is 0.278 e. The average molecular weight is 701 g/mol. The van der Waals surface area contributed by atoms with Gasteiger partial charge in [0.05, 0.1) is 11.0 Å². The van der Waals surface area contributed by atoms with Crippen LogP contribution < -0.4 is 0 Å². The molecule has 4 nitrogen and oxygen atoms in total. The Morgan fingerprint density at radius 2 is 0.709 bits per heavy atom. The first-order valence-electron chi connectivity index (χ1n) is 18.6. The van der Waals surface area contributed by atoms with Gasteiger partial charge in [-0.15, -0.1) is 0 Å². The third kappa shape index (κ3) is 5.11. The first kappa shape index (κ1) is 31.1. The van der Waals surface area contributed by atoms with Crippen molar-refractivity contribution in [3.63, 3.8) is 0 Å². The molecule has 0 aliphatic heterocycles. The molecule has 0 saturated heterocycles. The minimum absolute atomic E-state index is 0.575. The van der Waals surface area contributed by atoms with Gasteiger partial charge in [0.15, 0.2) is 11.6 Å². The summed E-state index contributed by atoms with van der Waals surface area (Å²) in [6.45, 7) is 0. The van der Waals surface area contributed by atoms with Crippen molar-refractivity contribution in [2.45, 2.75) is 0 Å². The van der Waals surface area contributed by atoms with E-state index in [9.17, 15) is 0 Å². The third-order valence-corrected chi connectivity index (χ3v) is 10.8. The number of aromatic nitrogens is 4. The number of para-hydroxylation sites is 1. The summed E-state index contributed by atoms with van der Waals surface area (Å²) < 4.78 is 2.23. The molecular formula is C51H32N4. The van der Waals surface area contributed by atoms with Crippen molar-refractivity contribution in [3.05, 3.63) is 194 Å². The monoisotopic (exact) mass is 700 g/mol. The summed E-state index contributed by atoms with van der Waals surface area (Å²) in [5.74, 6) is 1.81. The van der Waals surface area contributed by atoms with E-state index < -0.39 is 0 Å². The fourth-order valence-corrected chi connectivity index (χ4v) is 8.33. The summed E-state index contributed by atoms with van der Waals surface area (Å²) in [6.07, 6.45) is 0. The topological polar surface area (TPSA) is 43.6 Å². The zero-order valence-corrected chi connectivity index (χ0v) is 29.8. The van der Waals surface area contributed by atoms with Gasteiger partial charge >= 0.3 is 0 Å². The predicted octanol–water partition coefficient (Wildman–Crippen LogP) is 13.1. The Bertz CT molecular complexity index is 3120. The minimum atomic E-state index is 0.575. The minimum Gasteiger partial charge on any atom is -0.278 e. The molecule has 4 heteroatoms. The molecule has 0 radical (unpaired) electrons. The number of benzene rings is 9. The third-order valence-electron chi connectivity index (χ3n) is 10.8. The molecular weight excluding hydrogens is 669 g/mol. The normalized spacial score (nSPS) is 11.6. The van der Waals surface area contributed by atoms with Crippen molar-refractivity contribution in [1.82, 2.24) is 19.5 Å². The molecule has 9 aromatic carbocycles. The van der Waals surface area contributed by atoms with E-state index in [1.54, 1.807) is 0 Å². The van der Waals surface area contributed by atoms with Crippen molar-refractivity contribution in [1.29, 1.82) is 0 Å². The van der Waals surface area contributed by atoms with Crippen molar-refractivity contribution in [2.24, 2.45) is 0 Å². The van der Waals surface area contributed by atoms with Gasteiger partial charge in [0.25, 0.3) is 0 Å². The molecule has 0 saturated carbocycles. The molecule has 0 N–H and O–H groups in total. The SMILES string of the molecule is c1ccc(-c2cccc(-c3nc(-c4cccc(-c5ccccc5)c4)nc(-n4c5ccccc5c5c6c7ccccc7c7ccccc7c6ccc54)n3)c2)cc1. The maximum atomic E-state index is 5.32. The Balaban J connectivity index is 1.22. The van der Waals surface area contributed by atoms with Crippen LogP contribution in [-0.2, 0) is 0 Å². The Hall–Kier alpha value is -7.43. The second kappa shape index (κ2) is 12.6. The van der Waals surface area contributed by atoms with E-state index in [1.165, 1.54) is 37.7 Å². The molecule has 0 aliphatic carbocycles. The average Bonchev–Trinajstić information content (AvgIpc) is 3.61. The van der Waals surface area contributed by atoms with E-state index in [0.29, 0.717) is 17.6 Å². The van der Waals surface area contributed by atoms with Gasteiger partial charge in [0, 0.05) is 27.3 Å². The molecule has 0 bridgehead atoms. The lowest BCUT2D eigenvalue weighted by atomic mass is 9.92. The lowest BCUT2D eigenvalue weighted by molar-refractivity contribution is 0.954. The smallest absolute Gasteiger partial charge is 0.238 e. The van der Waals surface area contributed by atoms with Crippen molar-refractivity contribution < 1.29 is 0 Å². The van der Waals surface area contributed by atoms with Gasteiger partial charge in [-0.05, 0) is 73.5 Å². The van der Waals surface area contributed by atoms with Crippen LogP contribution in [0.4, 0.5) is 0 Å². The van der Waals surface area contributed by atoms with Crippen molar-refractivity contribution in [2.75, 3.05) is 0 Å². The predicted molar refractivity (Wildman–Crippen MR) is 228 cm³/mol. The first-order valence-corrected chi connectivity index (χ1v) is 18.6. The zero-order valence-electron chi connectivity index (χ0n) is 29.8. The van der Waals surface area contributed by atoms with Crippen molar-refractivity contribution in [3.8, 4) is 51.0 Å². The van der Waals surface area contributed by atoms with E-state index in [4.69, 9.17) is 15.0 Å². The van der Waals surface area contributed by atoms with E-state index in [2.05, 4.69) is 187 Å². The zero-order chi connectivity index (χ0) is 36.3. The van der Waals surface area contributed by atoms with Crippen LogP contribution in [0, 0.1) is 0 Å². The Morgan fingerprint density at radius 3 is 1.29 bits per heavy atom. The summed E-state index contributed by atoms with van der Waals surface area (Å²) in [6, 6.07) is 68.5. The number of rotatable bonds is 5. The highest BCUT2D eigenvalue weighted by Gasteiger charge is 2.21. The fraction of sp³-hybridized carbons (Fsp3) is 0. The summed E-state index contributed by atoms with van der Waals surface area (Å²) in [7, 11) is 0. The number of nitrogens with zero attached hydrogens (tertiary/aromatic N) is 4. The molecule has 0 atom stereocenters. The van der Waals surface area contributed by atoms with Crippen LogP contribution in [0.1, 0.15) is 0 Å². The summed E-state index contributed by atoms with van der Waals surface area (Å²) in [4.78, 5) is 15.8. The van der Waals surface area contributed by atoms with Crippen molar-refractivity contribution >= 4 is 54.1 Å². The summed E-state index contributed by atoms with van der Waals surface area (Å²) >= 11 is 0. The quantitative estimate of drug-likeness (QED) is 0.168. The van der Waals surface area contributed by atoms with Gasteiger partial charge in [0.2, 0.25) is 5.95 Å².